The van der Waals surface area contributed by atoms with Crippen LogP contribution in [0.5, 0.6) is 0 Å². The fraction of sp³-hybridized carbons (Fsp3) is 0.867. The van der Waals surface area contributed by atoms with Crippen molar-refractivity contribution in [1.29, 1.82) is 0 Å². The Morgan fingerprint density at radius 1 is 0.941 bits per heavy atom. The molecule has 2 unspecified atom stereocenters. The highest BCUT2D eigenvalue weighted by Crippen LogP contribution is 2.37. The number of hydrogen-bond acceptors (Lipinski definition) is 1. The van der Waals surface area contributed by atoms with Gasteiger partial charge < -0.3 is 4.90 Å². The molecule has 2 aliphatic carbocycles. The van der Waals surface area contributed by atoms with Crippen LogP contribution in [-0.4, -0.2) is 23.4 Å². The summed E-state index contributed by atoms with van der Waals surface area (Å²) in [6.07, 6.45) is 11.5. The maximum absolute atomic E-state index is 12.5. The van der Waals surface area contributed by atoms with E-state index in [0.29, 0.717) is 17.9 Å². The highest BCUT2D eigenvalue weighted by atomic mass is 16.2. The van der Waals surface area contributed by atoms with Crippen LogP contribution in [0.25, 0.3) is 0 Å². The van der Waals surface area contributed by atoms with E-state index in [1.165, 1.54) is 57.8 Å². The average Bonchev–Trinajstić information content (AvgIpc) is 2.80. The number of amides is 1. The van der Waals surface area contributed by atoms with E-state index in [1.807, 2.05) is 0 Å². The van der Waals surface area contributed by atoms with E-state index in [9.17, 15) is 4.79 Å². The van der Waals surface area contributed by atoms with Crippen LogP contribution in [0.1, 0.15) is 57.8 Å². The van der Waals surface area contributed by atoms with Gasteiger partial charge in [-0.25, -0.2) is 0 Å². The lowest BCUT2D eigenvalue weighted by atomic mass is 9.81. The zero-order valence-electron chi connectivity index (χ0n) is 10.9. The summed E-state index contributed by atoms with van der Waals surface area (Å²) >= 11 is 0. The van der Waals surface area contributed by atoms with Gasteiger partial charge in [0, 0.05) is 18.5 Å². The minimum absolute atomic E-state index is 0. The second kappa shape index (κ2) is 5.41. The first-order chi connectivity index (χ1) is 7.84. The summed E-state index contributed by atoms with van der Waals surface area (Å²) in [5, 5.41) is 0. The molecule has 0 N–H and O–H groups in total. The van der Waals surface area contributed by atoms with Gasteiger partial charge in [0.1, 0.15) is 0 Å². The Balaban J connectivity index is 0.00000108. The molecule has 0 aromatic heterocycles. The molecule has 2 atom stereocenters. The molecule has 96 valence electrons. The molecule has 2 bridgehead atoms. The lowest BCUT2D eigenvalue weighted by Crippen LogP contribution is -2.41. The molecule has 2 radical (unpaired) electrons. The van der Waals surface area contributed by atoms with Crippen molar-refractivity contribution >= 4 is 5.91 Å². The molecule has 1 aliphatic heterocycles. The van der Waals surface area contributed by atoms with E-state index in [0.717, 1.165) is 12.5 Å². The smallest absolute Gasteiger partial charge is 0.225 e. The Kier molecular flexibility index (Phi) is 4.11. The van der Waals surface area contributed by atoms with Crippen molar-refractivity contribution in [3.8, 4) is 0 Å². The second-order valence-electron chi connectivity index (χ2n) is 5.99. The number of likely N-dealkylation sites (tertiary alicyclic amines) is 1. The summed E-state index contributed by atoms with van der Waals surface area (Å²) in [5.74, 6) is 1.75. The molecule has 17 heavy (non-hydrogen) atoms. The zero-order chi connectivity index (χ0) is 11.0. The van der Waals surface area contributed by atoms with Crippen LogP contribution in [0.2, 0.25) is 0 Å². The molecule has 1 heterocycles. The quantitative estimate of drug-likeness (QED) is 0.683. The van der Waals surface area contributed by atoms with Crippen molar-refractivity contribution in [1.82, 2.24) is 4.90 Å². The molecule has 2 heteroatoms. The molecule has 2 nitrogen and oxygen atoms in total. The van der Waals surface area contributed by atoms with Gasteiger partial charge >= 0.3 is 0 Å². The molecular formula is C15H25NO. The topological polar surface area (TPSA) is 20.3 Å². The van der Waals surface area contributed by atoms with Crippen LogP contribution >= 0.6 is 0 Å². The Morgan fingerprint density at radius 3 is 2.47 bits per heavy atom. The maximum Gasteiger partial charge on any atom is 0.225 e. The normalized spacial score (nSPS) is 34.4. The van der Waals surface area contributed by atoms with Crippen molar-refractivity contribution in [2.24, 2.45) is 11.8 Å². The first kappa shape index (κ1) is 12.9. The monoisotopic (exact) mass is 235 g/mol. The van der Waals surface area contributed by atoms with Crippen molar-refractivity contribution < 1.29 is 4.79 Å². The summed E-state index contributed by atoms with van der Waals surface area (Å²) < 4.78 is 0. The summed E-state index contributed by atoms with van der Waals surface area (Å²) in [6.45, 7) is 1.06. The van der Waals surface area contributed by atoms with Crippen LogP contribution in [0.3, 0.4) is 0 Å². The molecule has 2 saturated carbocycles. The van der Waals surface area contributed by atoms with E-state index in [1.54, 1.807) is 0 Å². The van der Waals surface area contributed by atoms with Gasteiger partial charge in [-0.3, -0.25) is 4.79 Å². The Hall–Kier alpha value is -0.530. The van der Waals surface area contributed by atoms with Crippen LogP contribution < -0.4 is 0 Å². The molecule has 3 fully saturated rings. The lowest BCUT2D eigenvalue weighted by molar-refractivity contribution is -0.137. The van der Waals surface area contributed by atoms with Crippen molar-refractivity contribution in [2.75, 3.05) is 6.54 Å². The maximum atomic E-state index is 12.5. The van der Waals surface area contributed by atoms with Crippen molar-refractivity contribution in [3.05, 3.63) is 7.43 Å². The average molecular weight is 235 g/mol. The third-order valence-corrected chi connectivity index (χ3v) is 4.96. The van der Waals surface area contributed by atoms with Crippen LogP contribution in [0, 0.1) is 19.3 Å². The third kappa shape index (κ3) is 2.51. The van der Waals surface area contributed by atoms with E-state index in [4.69, 9.17) is 0 Å². The van der Waals surface area contributed by atoms with E-state index in [2.05, 4.69) is 4.90 Å². The van der Waals surface area contributed by atoms with E-state index >= 15 is 0 Å². The number of fused-ring (bicyclic) bond motifs is 2. The fourth-order valence-corrected chi connectivity index (χ4v) is 4.02. The van der Waals surface area contributed by atoms with E-state index < -0.39 is 0 Å². The molecular weight excluding hydrogens is 210 g/mol. The standard InChI is InChI=1S/C14H23NO.CH2/c16-14-12-5-3-4-11(10-12)8-9-15(14)13-6-1-2-7-13;/h11-13H,1-10H2;1H2. The largest absolute Gasteiger partial charge is 0.339 e. The van der Waals surface area contributed by atoms with Crippen molar-refractivity contribution in [3.63, 3.8) is 0 Å². The summed E-state index contributed by atoms with van der Waals surface area (Å²) in [4.78, 5) is 14.7. The summed E-state index contributed by atoms with van der Waals surface area (Å²) in [6, 6.07) is 0.604. The fourth-order valence-electron chi connectivity index (χ4n) is 4.02. The highest BCUT2D eigenvalue weighted by Gasteiger charge is 2.37. The Labute approximate surface area is 106 Å². The van der Waals surface area contributed by atoms with Gasteiger partial charge in [-0.1, -0.05) is 33.1 Å². The van der Waals surface area contributed by atoms with Gasteiger partial charge in [0.15, 0.2) is 0 Å². The summed E-state index contributed by atoms with van der Waals surface area (Å²) in [5.41, 5.74) is 0. The second-order valence-corrected chi connectivity index (χ2v) is 5.99. The number of rotatable bonds is 1. The van der Waals surface area contributed by atoms with Gasteiger partial charge in [-0.15, -0.1) is 0 Å². The third-order valence-electron chi connectivity index (χ3n) is 4.96. The van der Waals surface area contributed by atoms with Crippen LogP contribution in [-0.2, 0) is 4.79 Å². The van der Waals surface area contributed by atoms with Gasteiger partial charge in [0.2, 0.25) is 5.91 Å². The molecule has 1 saturated heterocycles. The SMILES string of the molecule is O=C1C2CCCC(CCN1C1CCCC1)C2.[CH2]. The van der Waals surface area contributed by atoms with Crippen molar-refractivity contribution in [2.45, 2.75) is 63.8 Å². The molecule has 3 aliphatic rings. The number of carbonyl (C=O) groups excluding carboxylic acids is 1. The molecule has 3 rings (SSSR count). The Morgan fingerprint density at radius 2 is 1.71 bits per heavy atom. The predicted molar refractivity (Wildman–Crippen MR) is 69.4 cm³/mol. The van der Waals surface area contributed by atoms with Crippen LogP contribution in [0.4, 0.5) is 0 Å². The number of carbonyl (C=O) groups is 1. The first-order valence-corrected chi connectivity index (χ1v) is 7.15. The molecule has 0 aromatic carbocycles. The van der Waals surface area contributed by atoms with Gasteiger partial charge in [-0.2, -0.15) is 0 Å². The Bertz CT molecular complexity index is 270. The van der Waals surface area contributed by atoms with Crippen LogP contribution in [0.15, 0.2) is 0 Å². The summed E-state index contributed by atoms with van der Waals surface area (Å²) in [7, 11) is 0. The molecule has 0 spiro atoms. The van der Waals surface area contributed by atoms with Gasteiger partial charge in [-0.05, 0) is 38.0 Å². The molecule has 0 aromatic rings. The van der Waals surface area contributed by atoms with E-state index in [-0.39, 0.29) is 7.43 Å². The zero-order valence-corrected chi connectivity index (χ0v) is 10.9. The highest BCUT2D eigenvalue weighted by molar-refractivity contribution is 5.79. The van der Waals surface area contributed by atoms with Gasteiger partial charge in [0.05, 0.1) is 0 Å². The molecule has 1 amide bonds. The minimum Gasteiger partial charge on any atom is -0.339 e. The number of hydrogen-bond donors (Lipinski definition) is 0. The lowest BCUT2D eigenvalue weighted by Gasteiger charge is -2.30. The predicted octanol–water partition coefficient (Wildman–Crippen LogP) is 3.29. The minimum atomic E-state index is 0. The first-order valence-electron chi connectivity index (χ1n) is 7.15. The number of nitrogens with zero attached hydrogens (tertiary/aromatic N) is 1. The van der Waals surface area contributed by atoms with Gasteiger partial charge in [0.25, 0.3) is 0 Å².